The highest BCUT2D eigenvalue weighted by Gasteiger charge is 2.08. The number of hydrogen-bond donors (Lipinski definition) is 2. The minimum absolute atomic E-state index is 0.275. The summed E-state index contributed by atoms with van der Waals surface area (Å²) in [6.07, 6.45) is 0. The average Bonchev–Trinajstić information content (AvgIpc) is 2.52. The number of carbonyl (C=O) groups excluding carboxylic acids is 1. The van der Waals surface area contributed by atoms with Crippen LogP contribution >= 0.6 is 0 Å². The van der Waals surface area contributed by atoms with Gasteiger partial charge < -0.3 is 4.74 Å². The molecule has 0 fully saturated rings. The van der Waals surface area contributed by atoms with Crippen LogP contribution in [-0.2, 0) is 9.57 Å². The summed E-state index contributed by atoms with van der Waals surface area (Å²) in [5, 5.41) is 6.19. The lowest BCUT2D eigenvalue weighted by Crippen LogP contribution is -2.00. The largest absolute Gasteiger partial charge is 0.464 e. The summed E-state index contributed by atoms with van der Waals surface area (Å²) < 4.78 is 4.45. The number of anilines is 1. The predicted octanol–water partition coefficient (Wildman–Crippen LogP) is 0.170. The molecule has 2 N–H and O–H groups in total. The van der Waals surface area contributed by atoms with Crippen LogP contribution in [0.5, 0.6) is 0 Å². The maximum absolute atomic E-state index is 10.9. The number of aromatic nitrogens is 2. The molecule has 0 atom stereocenters. The Balaban J connectivity index is 2.70. The lowest BCUT2D eigenvalue weighted by molar-refractivity contribution is 0.0594. The van der Waals surface area contributed by atoms with Crippen molar-refractivity contribution in [1.29, 1.82) is 0 Å². The number of aromatic amines is 1. The highest BCUT2D eigenvalue weighted by Crippen LogP contribution is 2.05. The monoisotopic (exact) mass is 171 g/mol. The Hall–Kier alpha value is -1.56. The molecule has 0 aromatic carbocycles. The van der Waals surface area contributed by atoms with Crippen LogP contribution in [0.25, 0.3) is 0 Å². The van der Waals surface area contributed by atoms with Gasteiger partial charge in [0.05, 0.1) is 14.2 Å². The maximum atomic E-state index is 10.9. The van der Waals surface area contributed by atoms with Crippen LogP contribution in [0.3, 0.4) is 0 Å². The summed E-state index contributed by atoms with van der Waals surface area (Å²) in [6.45, 7) is 0. The molecule has 1 aromatic rings. The van der Waals surface area contributed by atoms with Crippen molar-refractivity contribution in [2.24, 2.45) is 0 Å². The molecule has 6 nitrogen and oxygen atoms in total. The van der Waals surface area contributed by atoms with Gasteiger partial charge in [-0.3, -0.25) is 9.94 Å². The number of esters is 1. The molecule has 0 saturated carbocycles. The number of carbonyl (C=O) groups is 1. The van der Waals surface area contributed by atoms with Gasteiger partial charge in [0.1, 0.15) is 5.69 Å². The molecular weight excluding hydrogens is 162 g/mol. The van der Waals surface area contributed by atoms with Crippen molar-refractivity contribution >= 4 is 11.8 Å². The highest BCUT2D eigenvalue weighted by atomic mass is 16.6. The topological polar surface area (TPSA) is 76.2 Å². The maximum Gasteiger partial charge on any atom is 0.356 e. The Labute approximate surface area is 68.8 Å². The zero-order valence-corrected chi connectivity index (χ0v) is 6.75. The number of nitrogens with one attached hydrogen (secondary N) is 2. The molecule has 0 aliphatic heterocycles. The lowest BCUT2D eigenvalue weighted by Gasteiger charge is -1.93. The van der Waals surface area contributed by atoms with Gasteiger partial charge >= 0.3 is 5.97 Å². The van der Waals surface area contributed by atoms with Crippen molar-refractivity contribution in [1.82, 2.24) is 10.2 Å². The van der Waals surface area contributed by atoms with Crippen LogP contribution in [0, 0.1) is 0 Å². The van der Waals surface area contributed by atoms with Crippen LogP contribution in [0.15, 0.2) is 6.07 Å². The van der Waals surface area contributed by atoms with E-state index in [1.54, 1.807) is 0 Å². The van der Waals surface area contributed by atoms with Gasteiger partial charge in [-0.15, -0.1) is 0 Å². The average molecular weight is 171 g/mol. The number of methoxy groups -OCH3 is 1. The molecule has 6 heteroatoms. The third kappa shape index (κ3) is 1.73. The van der Waals surface area contributed by atoms with Gasteiger partial charge in [-0.05, 0) is 0 Å². The summed E-state index contributed by atoms with van der Waals surface area (Å²) >= 11 is 0. The van der Waals surface area contributed by atoms with E-state index in [-0.39, 0.29) is 5.69 Å². The van der Waals surface area contributed by atoms with Crippen molar-refractivity contribution in [3.05, 3.63) is 11.8 Å². The van der Waals surface area contributed by atoms with Gasteiger partial charge in [0.2, 0.25) is 0 Å². The van der Waals surface area contributed by atoms with Crippen molar-refractivity contribution < 1.29 is 14.4 Å². The minimum Gasteiger partial charge on any atom is -0.464 e. The zero-order valence-electron chi connectivity index (χ0n) is 6.75. The molecule has 0 radical (unpaired) electrons. The second-order valence-corrected chi connectivity index (χ2v) is 1.96. The summed E-state index contributed by atoms with van der Waals surface area (Å²) in [7, 11) is 2.75. The first-order chi connectivity index (χ1) is 5.77. The Morgan fingerprint density at radius 1 is 1.67 bits per heavy atom. The van der Waals surface area contributed by atoms with E-state index in [0.29, 0.717) is 5.82 Å². The third-order valence-electron chi connectivity index (χ3n) is 1.19. The van der Waals surface area contributed by atoms with Crippen molar-refractivity contribution in [2.45, 2.75) is 0 Å². The fourth-order valence-corrected chi connectivity index (χ4v) is 0.693. The fourth-order valence-electron chi connectivity index (χ4n) is 0.693. The quantitative estimate of drug-likeness (QED) is 0.500. The Bertz CT molecular complexity index is 271. The van der Waals surface area contributed by atoms with E-state index in [1.807, 2.05) is 0 Å². The van der Waals surface area contributed by atoms with Gasteiger partial charge in [-0.2, -0.15) is 5.10 Å². The number of rotatable bonds is 3. The van der Waals surface area contributed by atoms with Gasteiger partial charge in [0.15, 0.2) is 5.82 Å². The zero-order chi connectivity index (χ0) is 8.97. The first kappa shape index (κ1) is 8.54. The molecule has 0 amide bonds. The van der Waals surface area contributed by atoms with E-state index in [1.165, 1.54) is 20.3 Å². The van der Waals surface area contributed by atoms with Crippen LogP contribution in [0.4, 0.5) is 5.82 Å². The number of hydrogen-bond acceptors (Lipinski definition) is 5. The Morgan fingerprint density at radius 3 is 3.00 bits per heavy atom. The van der Waals surface area contributed by atoms with Gasteiger partial charge in [-0.1, -0.05) is 0 Å². The number of ether oxygens (including phenoxy) is 1. The molecule has 0 aliphatic rings. The Kier molecular flexibility index (Phi) is 2.65. The molecule has 66 valence electrons. The van der Waals surface area contributed by atoms with E-state index in [9.17, 15) is 4.79 Å². The summed E-state index contributed by atoms with van der Waals surface area (Å²) in [5.74, 6) is -0.0375. The molecule has 0 unspecified atom stereocenters. The summed E-state index contributed by atoms with van der Waals surface area (Å²) in [5.41, 5.74) is 2.73. The molecule has 1 aromatic heterocycles. The molecule has 0 bridgehead atoms. The van der Waals surface area contributed by atoms with Gasteiger partial charge in [0, 0.05) is 6.07 Å². The fraction of sp³-hybridized carbons (Fsp3) is 0.333. The smallest absolute Gasteiger partial charge is 0.356 e. The standard InChI is InChI=1S/C6H9N3O3/c1-11-6(10)4-3-5(8-7-4)9-12-2/h3H,1-2H3,(H2,7,8,9). The molecule has 1 rings (SSSR count). The van der Waals surface area contributed by atoms with Crippen molar-refractivity contribution in [3.8, 4) is 0 Å². The van der Waals surface area contributed by atoms with Crippen LogP contribution < -0.4 is 5.48 Å². The van der Waals surface area contributed by atoms with E-state index >= 15 is 0 Å². The number of nitrogens with zero attached hydrogens (tertiary/aromatic N) is 1. The molecule has 0 aliphatic carbocycles. The number of H-pyrrole nitrogens is 1. The molecule has 1 heterocycles. The van der Waals surface area contributed by atoms with E-state index in [2.05, 4.69) is 25.3 Å². The normalized spacial score (nSPS) is 9.50. The van der Waals surface area contributed by atoms with Crippen molar-refractivity contribution in [3.63, 3.8) is 0 Å². The third-order valence-corrected chi connectivity index (χ3v) is 1.19. The SMILES string of the molecule is CONc1cc(C(=O)OC)[nH]n1. The first-order valence-electron chi connectivity index (χ1n) is 3.20. The summed E-state index contributed by atoms with van der Waals surface area (Å²) in [4.78, 5) is 15.4. The lowest BCUT2D eigenvalue weighted by atomic mass is 10.4. The van der Waals surface area contributed by atoms with E-state index < -0.39 is 5.97 Å². The molecule has 0 spiro atoms. The van der Waals surface area contributed by atoms with E-state index in [4.69, 9.17) is 0 Å². The van der Waals surface area contributed by atoms with Crippen molar-refractivity contribution in [2.75, 3.05) is 19.7 Å². The second-order valence-electron chi connectivity index (χ2n) is 1.96. The van der Waals surface area contributed by atoms with E-state index in [0.717, 1.165) is 0 Å². The van der Waals surface area contributed by atoms with Crippen LogP contribution in [0.2, 0.25) is 0 Å². The molecule has 0 saturated heterocycles. The molecular formula is C6H9N3O3. The first-order valence-corrected chi connectivity index (χ1v) is 3.20. The predicted molar refractivity (Wildman–Crippen MR) is 40.6 cm³/mol. The second kappa shape index (κ2) is 3.72. The van der Waals surface area contributed by atoms with Crippen LogP contribution in [0.1, 0.15) is 10.5 Å². The van der Waals surface area contributed by atoms with Crippen LogP contribution in [-0.4, -0.2) is 30.4 Å². The summed E-state index contributed by atoms with van der Waals surface area (Å²) in [6, 6.07) is 1.48. The van der Waals surface area contributed by atoms with Gasteiger partial charge in [0.25, 0.3) is 0 Å². The van der Waals surface area contributed by atoms with Gasteiger partial charge in [-0.25, -0.2) is 10.3 Å². The highest BCUT2D eigenvalue weighted by molar-refractivity contribution is 5.87. The molecule has 12 heavy (non-hydrogen) atoms. The Morgan fingerprint density at radius 2 is 2.42 bits per heavy atom. The minimum atomic E-state index is -0.466.